The molecule has 2 aromatic rings. The lowest BCUT2D eigenvalue weighted by molar-refractivity contribution is 0.548. The molecule has 0 spiro atoms. The molecule has 1 N–H and O–H groups in total. The molecule has 0 saturated heterocycles. The summed E-state index contributed by atoms with van der Waals surface area (Å²) in [6, 6.07) is 9.26. The molecule has 1 aromatic carbocycles. The van der Waals surface area contributed by atoms with Gasteiger partial charge in [-0.2, -0.15) is 0 Å². The quantitative estimate of drug-likeness (QED) is 0.832. The fraction of sp³-hybridized carbons (Fsp3) is 0.333. The molecule has 2 rings (SSSR count). The summed E-state index contributed by atoms with van der Waals surface area (Å²) in [5.74, 6) is -0.178. The zero-order valence-corrected chi connectivity index (χ0v) is 13.4. The van der Waals surface area contributed by atoms with Gasteiger partial charge < -0.3 is 5.32 Å². The van der Waals surface area contributed by atoms with E-state index in [-0.39, 0.29) is 5.82 Å². The van der Waals surface area contributed by atoms with Crippen molar-refractivity contribution in [2.24, 2.45) is 0 Å². The molecule has 0 saturated carbocycles. The molecular weight excluding hydrogens is 325 g/mol. The summed E-state index contributed by atoms with van der Waals surface area (Å²) < 4.78 is 14.0. The summed E-state index contributed by atoms with van der Waals surface area (Å²) >= 11 is 5.34. The number of thiophene rings is 1. The predicted octanol–water partition coefficient (Wildman–Crippen LogP) is 4.68. The van der Waals surface area contributed by atoms with Crippen molar-refractivity contribution < 1.29 is 4.39 Å². The second-order valence-electron chi connectivity index (χ2n) is 4.73. The van der Waals surface area contributed by atoms with Gasteiger partial charge in [0, 0.05) is 26.8 Å². The van der Waals surface area contributed by atoms with E-state index in [1.54, 1.807) is 11.3 Å². The third-order valence-corrected chi connectivity index (χ3v) is 5.12. The Kier molecular flexibility index (Phi) is 5.13. The Bertz CT molecular complexity index is 516. The first-order chi connectivity index (χ1) is 9.04. The number of hydrogen-bond acceptors (Lipinski definition) is 2. The zero-order chi connectivity index (χ0) is 13.8. The largest absolute Gasteiger partial charge is 0.309 e. The van der Waals surface area contributed by atoms with Crippen LogP contribution in [0.15, 0.2) is 34.8 Å². The van der Waals surface area contributed by atoms with E-state index in [1.165, 1.54) is 26.4 Å². The lowest BCUT2D eigenvalue weighted by Crippen LogP contribution is -2.27. The summed E-state index contributed by atoms with van der Waals surface area (Å²) in [6.07, 6.45) is 0.909. The lowest BCUT2D eigenvalue weighted by Gasteiger charge is -2.13. The van der Waals surface area contributed by atoms with Gasteiger partial charge >= 0.3 is 0 Å². The molecule has 4 heteroatoms. The van der Waals surface area contributed by atoms with E-state index < -0.39 is 0 Å². The van der Waals surface area contributed by atoms with E-state index in [2.05, 4.69) is 41.2 Å². The van der Waals surface area contributed by atoms with Crippen LogP contribution in [0.5, 0.6) is 0 Å². The van der Waals surface area contributed by atoms with Crippen molar-refractivity contribution in [3.63, 3.8) is 0 Å². The minimum Gasteiger partial charge on any atom is -0.309 e. The molecule has 0 aliphatic heterocycles. The van der Waals surface area contributed by atoms with E-state index in [1.807, 2.05) is 12.1 Å². The SMILES string of the molecule is Cc1sc(CNC(C)Cc2ccc(F)cc2)cc1Br. The molecule has 1 unspecified atom stereocenters. The van der Waals surface area contributed by atoms with Gasteiger partial charge in [-0.25, -0.2) is 4.39 Å². The fourth-order valence-electron chi connectivity index (χ4n) is 1.93. The van der Waals surface area contributed by atoms with Crippen LogP contribution in [0.1, 0.15) is 22.2 Å². The number of halogens is 2. The van der Waals surface area contributed by atoms with Crippen LogP contribution in [0.2, 0.25) is 0 Å². The van der Waals surface area contributed by atoms with Gasteiger partial charge in [-0.3, -0.25) is 0 Å². The third-order valence-electron chi connectivity index (χ3n) is 2.99. The molecule has 0 amide bonds. The number of hydrogen-bond donors (Lipinski definition) is 1. The van der Waals surface area contributed by atoms with Gasteiger partial charge in [0.15, 0.2) is 0 Å². The molecule has 0 radical (unpaired) electrons. The number of nitrogens with one attached hydrogen (secondary N) is 1. The summed E-state index contributed by atoms with van der Waals surface area (Å²) in [5, 5.41) is 3.50. The maximum Gasteiger partial charge on any atom is 0.123 e. The van der Waals surface area contributed by atoms with Gasteiger partial charge in [0.05, 0.1) is 0 Å². The molecule has 0 fully saturated rings. The Morgan fingerprint density at radius 2 is 2.00 bits per heavy atom. The van der Waals surface area contributed by atoms with Crippen molar-refractivity contribution in [2.45, 2.75) is 32.9 Å². The molecule has 0 aliphatic carbocycles. The molecular formula is C15H17BrFNS. The minimum absolute atomic E-state index is 0.178. The van der Waals surface area contributed by atoms with Crippen LogP contribution in [-0.2, 0) is 13.0 Å². The number of rotatable bonds is 5. The van der Waals surface area contributed by atoms with Crippen LogP contribution in [0, 0.1) is 12.7 Å². The summed E-state index contributed by atoms with van der Waals surface area (Å²) in [4.78, 5) is 2.64. The maximum atomic E-state index is 12.8. The second kappa shape index (κ2) is 6.64. The van der Waals surface area contributed by atoms with Crippen molar-refractivity contribution in [2.75, 3.05) is 0 Å². The van der Waals surface area contributed by atoms with Crippen LogP contribution in [-0.4, -0.2) is 6.04 Å². The van der Waals surface area contributed by atoms with Crippen LogP contribution in [0.25, 0.3) is 0 Å². The van der Waals surface area contributed by atoms with E-state index in [0.717, 1.165) is 18.5 Å². The highest BCUT2D eigenvalue weighted by Crippen LogP contribution is 2.26. The smallest absolute Gasteiger partial charge is 0.123 e. The van der Waals surface area contributed by atoms with Crippen molar-refractivity contribution in [3.05, 3.63) is 55.9 Å². The van der Waals surface area contributed by atoms with Crippen LogP contribution in [0.4, 0.5) is 4.39 Å². The molecule has 0 bridgehead atoms. The first-order valence-electron chi connectivity index (χ1n) is 6.27. The van der Waals surface area contributed by atoms with E-state index in [0.29, 0.717) is 6.04 Å². The average Bonchev–Trinajstić information content (AvgIpc) is 2.69. The van der Waals surface area contributed by atoms with Gasteiger partial charge in [-0.05, 0) is 60.0 Å². The Hall–Kier alpha value is -0.710. The topological polar surface area (TPSA) is 12.0 Å². The highest BCUT2D eigenvalue weighted by molar-refractivity contribution is 9.10. The van der Waals surface area contributed by atoms with Crippen LogP contribution < -0.4 is 5.32 Å². The molecule has 1 atom stereocenters. The summed E-state index contributed by atoms with van der Waals surface area (Å²) in [6.45, 7) is 5.14. The molecule has 102 valence electrons. The van der Waals surface area contributed by atoms with Gasteiger partial charge in [-0.15, -0.1) is 11.3 Å². The lowest BCUT2D eigenvalue weighted by atomic mass is 10.1. The van der Waals surface area contributed by atoms with Gasteiger partial charge in [0.25, 0.3) is 0 Å². The second-order valence-corrected chi connectivity index (χ2v) is 6.92. The van der Waals surface area contributed by atoms with E-state index in [4.69, 9.17) is 0 Å². The van der Waals surface area contributed by atoms with Crippen molar-refractivity contribution in [1.29, 1.82) is 0 Å². The minimum atomic E-state index is -0.178. The van der Waals surface area contributed by atoms with Gasteiger partial charge in [0.2, 0.25) is 0 Å². The first-order valence-corrected chi connectivity index (χ1v) is 7.88. The Balaban J connectivity index is 1.84. The molecule has 1 heterocycles. The molecule has 1 aromatic heterocycles. The summed E-state index contributed by atoms with van der Waals surface area (Å²) in [7, 11) is 0. The number of benzene rings is 1. The normalized spacial score (nSPS) is 12.6. The zero-order valence-electron chi connectivity index (χ0n) is 11.0. The van der Waals surface area contributed by atoms with Gasteiger partial charge in [-0.1, -0.05) is 12.1 Å². The van der Waals surface area contributed by atoms with Crippen molar-refractivity contribution in [1.82, 2.24) is 5.32 Å². The monoisotopic (exact) mass is 341 g/mol. The molecule has 0 aliphatic rings. The first kappa shape index (κ1) is 14.7. The Morgan fingerprint density at radius 3 is 2.58 bits per heavy atom. The highest BCUT2D eigenvalue weighted by Gasteiger charge is 2.06. The molecule has 19 heavy (non-hydrogen) atoms. The fourth-order valence-corrected chi connectivity index (χ4v) is 3.48. The molecule has 1 nitrogen and oxygen atoms in total. The van der Waals surface area contributed by atoms with Crippen molar-refractivity contribution in [3.8, 4) is 0 Å². The standard InChI is InChI=1S/C15H17BrFNS/c1-10(7-12-3-5-13(17)6-4-12)18-9-14-8-15(16)11(2)19-14/h3-6,8,10,18H,7,9H2,1-2H3. The highest BCUT2D eigenvalue weighted by atomic mass is 79.9. The number of aryl methyl sites for hydroxylation is 1. The average molecular weight is 342 g/mol. The van der Waals surface area contributed by atoms with Crippen LogP contribution >= 0.6 is 27.3 Å². The van der Waals surface area contributed by atoms with Crippen LogP contribution in [0.3, 0.4) is 0 Å². The Labute approximate surface area is 126 Å². The Morgan fingerprint density at radius 1 is 1.32 bits per heavy atom. The van der Waals surface area contributed by atoms with Gasteiger partial charge in [0.1, 0.15) is 5.82 Å². The van der Waals surface area contributed by atoms with E-state index in [9.17, 15) is 4.39 Å². The maximum absolute atomic E-state index is 12.8. The van der Waals surface area contributed by atoms with E-state index >= 15 is 0 Å². The van der Waals surface area contributed by atoms with Crippen molar-refractivity contribution >= 4 is 27.3 Å². The summed E-state index contributed by atoms with van der Waals surface area (Å²) in [5.41, 5.74) is 1.16. The third kappa shape index (κ3) is 4.41. The predicted molar refractivity (Wildman–Crippen MR) is 83.2 cm³/mol.